The molecule has 7 heteroatoms. The molecule has 0 radical (unpaired) electrons. The molecule has 3 aliphatic rings. The number of ketones is 1. The van der Waals surface area contributed by atoms with Crippen LogP contribution in [-0.2, 0) is 9.59 Å². The Kier molecular flexibility index (Phi) is 4.10. The highest BCUT2D eigenvalue weighted by Crippen LogP contribution is 2.46. The number of hydrogen-bond donors (Lipinski definition) is 0. The lowest BCUT2D eigenvalue weighted by Gasteiger charge is -2.30. The van der Waals surface area contributed by atoms with E-state index in [4.69, 9.17) is 11.6 Å². The van der Waals surface area contributed by atoms with E-state index in [9.17, 15) is 14.4 Å². The molecule has 29 heavy (non-hydrogen) atoms. The molecule has 2 saturated heterocycles. The van der Waals surface area contributed by atoms with Crippen LogP contribution in [-0.4, -0.2) is 40.9 Å². The molecule has 6 nitrogen and oxygen atoms in total. The Morgan fingerprint density at radius 3 is 2.34 bits per heavy atom. The summed E-state index contributed by atoms with van der Waals surface area (Å²) in [6.45, 7) is 0. The molecule has 3 aliphatic heterocycles. The van der Waals surface area contributed by atoms with Crippen molar-refractivity contribution >= 4 is 41.1 Å². The van der Waals surface area contributed by atoms with Crippen LogP contribution < -0.4 is 4.90 Å². The predicted molar refractivity (Wildman–Crippen MR) is 109 cm³/mol. The van der Waals surface area contributed by atoms with Crippen molar-refractivity contribution in [3.05, 3.63) is 77.3 Å². The minimum atomic E-state index is -0.850. The van der Waals surface area contributed by atoms with Gasteiger partial charge in [0.1, 0.15) is 6.04 Å². The minimum Gasteiger partial charge on any atom is -0.292 e. The number of imide groups is 1. The van der Waals surface area contributed by atoms with Crippen molar-refractivity contribution in [2.75, 3.05) is 4.90 Å². The second-order valence-electron chi connectivity index (χ2n) is 7.24. The lowest BCUT2D eigenvalue weighted by atomic mass is 9.86. The van der Waals surface area contributed by atoms with Gasteiger partial charge < -0.3 is 0 Å². The maximum atomic E-state index is 13.4. The zero-order valence-electron chi connectivity index (χ0n) is 15.2. The minimum absolute atomic E-state index is 0.248. The van der Waals surface area contributed by atoms with Crippen molar-refractivity contribution in [2.45, 2.75) is 12.1 Å². The predicted octanol–water partition coefficient (Wildman–Crippen LogP) is 2.94. The van der Waals surface area contributed by atoms with Gasteiger partial charge in [0, 0.05) is 16.8 Å². The maximum absolute atomic E-state index is 13.4. The van der Waals surface area contributed by atoms with E-state index in [1.165, 1.54) is 4.90 Å². The summed E-state index contributed by atoms with van der Waals surface area (Å²) < 4.78 is 0. The van der Waals surface area contributed by atoms with Gasteiger partial charge in [0.2, 0.25) is 11.8 Å². The Morgan fingerprint density at radius 1 is 0.931 bits per heavy atom. The smallest absolute Gasteiger partial charge is 0.240 e. The van der Waals surface area contributed by atoms with Crippen molar-refractivity contribution in [2.24, 2.45) is 16.9 Å². The first-order chi connectivity index (χ1) is 14.1. The summed E-state index contributed by atoms with van der Waals surface area (Å²) in [7, 11) is 0. The lowest BCUT2D eigenvalue weighted by molar-refractivity contribution is -0.123. The van der Waals surface area contributed by atoms with Gasteiger partial charge in [0.15, 0.2) is 5.78 Å². The quantitative estimate of drug-likeness (QED) is 0.581. The fourth-order valence-corrected chi connectivity index (χ4v) is 4.58. The number of amides is 2. The number of allylic oxidation sites excluding steroid dienone is 1. The van der Waals surface area contributed by atoms with Crippen LogP contribution in [0.15, 0.2) is 71.9 Å². The van der Waals surface area contributed by atoms with Gasteiger partial charge in [-0.25, -0.2) is 4.90 Å². The zero-order chi connectivity index (χ0) is 20.1. The van der Waals surface area contributed by atoms with Crippen molar-refractivity contribution in [3.8, 4) is 0 Å². The van der Waals surface area contributed by atoms with Crippen molar-refractivity contribution in [1.82, 2.24) is 5.01 Å². The average Bonchev–Trinajstić information content (AvgIpc) is 3.22. The molecule has 0 N–H and O–H groups in total. The molecule has 0 spiro atoms. The summed E-state index contributed by atoms with van der Waals surface area (Å²) in [6.07, 6.45) is 5.15. The molecule has 0 aromatic heterocycles. The molecule has 2 aromatic carbocycles. The Morgan fingerprint density at radius 2 is 1.62 bits per heavy atom. The molecular formula is C22H16ClN3O3. The van der Waals surface area contributed by atoms with Gasteiger partial charge in [-0.3, -0.25) is 19.4 Å². The van der Waals surface area contributed by atoms with E-state index < -0.39 is 23.9 Å². The molecule has 2 amide bonds. The van der Waals surface area contributed by atoms with E-state index in [2.05, 4.69) is 5.10 Å². The topological polar surface area (TPSA) is 70.0 Å². The molecule has 0 unspecified atom stereocenters. The van der Waals surface area contributed by atoms with E-state index in [0.29, 0.717) is 16.3 Å². The Balaban J connectivity index is 1.58. The van der Waals surface area contributed by atoms with E-state index in [1.807, 2.05) is 12.1 Å². The fourth-order valence-electron chi connectivity index (χ4n) is 4.45. The number of para-hydroxylation sites is 1. The van der Waals surface area contributed by atoms with Crippen LogP contribution in [0.4, 0.5) is 5.69 Å². The highest BCUT2D eigenvalue weighted by molar-refractivity contribution is 6.30. The number of fused-ring (bicyclic) bond motifs is 3. The Hall–Kier alpha value is -3.25. The van der Waals surface area contributed by atoms with E-state index in [-0.39, 0.29) is 17.6 Å². The second-order valence-corrected chi connectivity index (χ2v) is 7.67. The summed E-state index contributed by atoms with van der Waals surface area (Å²) in [5, 5.41) is 6.46. The van der Waals surface area contributed by atoms with Crippen LogP contribution >= 0.6 is 11.6 Å². The lowest BCUT2D eigenvalue weighted by Crippen LogP contribution is -2.46. The first-order valence-electron chi connectivity index (χ1n) is 9.29. The molecule has 0 bridgehead atoms. The van der Waals surface area contributed by atoms with Gasteiger partial charge in [-0.2, -0.15) is 5.10 Å². The number of hydrogen-bond acceptors (Lipinski definition) is 5. The molecule has 3 heterocycles. The monoisotopic (exact) mass is 405 g/mol. The normalized spacial score (nSPS) is 27.3. The molecular weight excluding hydrogens is 390 g/mol. The molecule has 2 fully saturated rings. The SMILES string of the molecule is O=C(c1ccc(Cl)cc1)[C@H]1[C@@H]2C(=O)N(c3ccccc3)C(=O)[C@@H]2[C@H]2C=CC=NN21. The Labute approximate surface area is 172 Å². The third-order valence-electron chi connectivity index (χ3n) is 5.70. The van der Waals surface area contributed by atoms with Gasteiger partial charge in [-0.05, 0) is 42.5 Å². The number of benzene rings is 2. The fraction of sp³-hybridized carbons (Fsp3) is 0.182. The highest BCUT2D eigenvalue weighted by atomic mass is 35.5. The number of hydrazone groups is 1. The Bertz CT molecular complexity index is 1060. The third kappa shape index (κ3) is 2.63. The van der Waals surface area contributed by atoms with Crippen LogP contribution in [0.3, 0.4) is 0 Å². The number of Topliss-reactive ketones (excluding diaryl/α,β-unsaturated/α-hetero) is 1. The van der Waals surface area contributed by atoms with Gasteiger partial charge in [-0.15, -0.1) is 0 Å². The molecule has 5 rings (SSSR count). The molecule has 0 saturated carbocycles. The van der Waals surface area contributed by atoms with Crippen LogP contribution in [0.1, 0.15) is 10.4 Å². The summed E-state index contributed by atoms with van der Waals surface area (Å²) in [5.41, 5.74) is 0.950. The van der Waals surface area contributed by atoms with Crippen LogP contribution in [0.2, 0.25) is 5.02 Å². The van der Waals surface area contributed by atoms with Crippen molar-refractivity contribution < 1.29 is 14.4 Å². The highest BCUT2D eigenvalue weighted by Gasteiger charge is 2.64. The number of carbonyl (C=O) groups is 3. The maximum Gasteiger partial charge on any atom is 0.240 e. The summed E-state index contributed by atoms with van der Waals surface area (Å²) in [4.78, 5) is 41.2. The standard InChI is InChI=1S/C22H16ClN3O3/c23-14-10-8-13(9-11-14)20(27)19-18-17(16-7-4-12-24-26(16)19)21(28)25(22(18)29)15-5-2-1-3-6-15/h1-12,16-19H/t16-,17-,18-,19-/m1/s1. The number of halogens is 1. The van der Waals surface area contributed by atoms with Gasteiger partial charge in [0.05, 0.1) is 23.6 Å². The van der Waals surface area contributed by atoms with Crippen molar-refractivity contribution in [3.63, 3.8) is 0 Å². The number of rotatable bonds is 3. The van der Waals surface area contributed by atoms with Gasteiger partial charge in [-0.1, -0.05) is 35.9 Å². The van der Waals surface area contributed by atoms with Gasteiger partial charge >= 0.3 is 0 Å². The first-order valence-corrected chi connectivity index (χ1v) is 9.67. The molecule has 2 aromatic rings. The molecule has 4 atom stereocenters. The van der Waals surface area contributed by atoms with Gasteiger partial charge in [0.25, 0.3) is 0 Å². The van der Waals surface area contributed by atoms with Crippen LogP contribution in [0.5, 0.6) is 0 Å². The number of anilines is 1. The largest absolute Gasteiger partial charge is 0.292 e. The molecule has 144 valence electrons. The molecule has 0 aliphatic carbocycles. The second kappa shape index (κ2) is 6.67. The first kappa shape index (κ1) is 17.8. The average molecular weight is 406 g/mol. The van der Waals surface area contributed by atoms with E-state index in [0.717, 1.165) is 0 Å². The van der Waals surface area contributed by atoms with Crippen molar-refractivity contribution in [1.29, 1.82) is 0 Å². The summed E-state index contributed by atoms with van der Waals surface area (Å²) in [5.74, 6) is -2.36. The number of nitrogens with zero attached hydrogens (tertiary/aromatic N) is 3. The third-order valence-corrected chi connectivity index (χ3v) is 5.95. The van der Waals surface area contributed by atoms with E-state index >= 15 is 0 Å². The zero-order valence-corrected chi connectivity index (χ0v) is 15.9. The van der Waals surface area contributed by atoms with E-state index in [1.54, 1.807) is 65.8 Å². The van der Waals surface area contributed by atoms with Crippen LogP contribution in [0, 0.1) is 11.8 Å². The number of carbonyl (C=O) groups excluding carboxylic acids is 3. The summed E-state index contributed by atoms with van der Waals surface area (Å²) >= 11 is 5.95. The van der Waals surface area contributed by atoms with Crippen LogP contribution in [0.25, 0.3) is 0 Å². The summed E-state index contributed by atoms with van der Waals surface area (Å²) in [6, 6.07) is 14.1.